The van der Waals surface area contributed by atoms with Crippen LogP contribution in [0, 0.1) is 13.8 Å². The molecule has 0 saturated heterocycles. The Hall–Kier alpha value is -7.90. The van der Waals surface area contributed by atoms with Gasteiger partial charge in [-0.1, -0.05) is 41.5 Å². The molecule has 0 atom stereocenters. The van der Waals surface area contributed by atoms with E-state index in [1.165, 1.54) is 30.3 Å². The van der Waals surface area contributed by atoms with Crippen LogP contribution in [0.2, 0.25) is 0 Å². The van der Waals surface area contributed by atoms with E-state index in [1.54, 1.807) is 116 Å². The molecule has 0 aliphatic heterocycles. The molecular weight excluding hydrogens is 885 g/mol. The number of nitrogens with one attached hydrogen (secondary N) is 4. The standard InChI is InChI=1S/C34H28N6O4.2C7H8O3S/c1-39-18-4-8-29(21-39)37-31(41)23-10-14-27(15-11-23)35-33(43)25-6-3-7-26(20-25)34(44)36-28-16-12-24(13-17-28)32(42)38-30-9-5-19-40(2)22-30;2*1-6-2-4-7(5-3-6)11(8,9)10/h3-22H,1-2H3,(H2-2,35,36,37,38,41,42,43,44);2*2-5H,1H3,(H,8,9,10). The van der Waals surface area contributed by atoms with Gasteiger partial charge >= 0.3 is 0 Å². The van der Waals surface area contributed by atoms with E-state index in [0.717, 1.165) is 11.1 Å². The second-order valence-electron chi connectivity index (χ2n) is 14.6. The zero-order valence-corrected chi connectivity index (χ0v) is 37.6. The predicted molar refractivity (Wildman–Crippen MR) is 245 cm³/mol. The number of amides is 4. The Balaban J connectivity index is 0.000000301. The van der Waals surface area contributed by atoms with Crippen molar-refractivity contribution >= 4 is 66.6 Å². The molecule has 4 N–H and O–H groups in total. The van der Waals surface area contributed by atoms with E-state index in [2.05, 4.69) is 21.3 Å². The topological polar surface area (TPSA) is 239 Å². The van der Waals surface area contributed by atoms with Crippen molar-refractivity contribution in [1.82, 2.24) is 0 Å². The van der Waals surface area contributed by atoms with Gasteiger partial charge in [-0.05, 0) is 117 Å². The number of hydrogen-bond acceptors (Lipinski definition) is 10. The number of rotatable bonds is 10. The fourth-order valence-electron chi connectivity index (χ4n) is 5.76. The van der Waals surface area contributed by atoms with Crippen LogP contribution in [0.4, 0.5) is 22.7 Å². The Kier molecular flexibility index (Phi) is 16.5. The van der Waals surface area contributed by atoms with Gasteiger partial charge in [-0.3, -0.25) is 19.2 Å². The lowest BCUT2D eigenvalue weighted by atomic mass is 10.1. The number of carbonyl (C=O) groups is 4. The van der Waals surface area contributed by atoms with Crippen molar-refractivity contribution in [3.05, 3.63) is 204 Å². The molecule has 0 spiro atoms. The summed E-state index contributed by atoms with van der Waals surface area (Å²) in [6.45, 7) is 3.64. The number of nitrogens with zero attached hydrogens (tertiary/aromatic N) is 2. The minimum absolute atomic E-state index is 0.178. The molecule has 4 amide bonds. The van der Waals surface area contributed by atoms with Crippen LogP contribution in [0.5, 0.6) is 0 Å². The molecule has 66 heavy (non-hydrogen) atoms. The minimum Gasteiger partial charge on any atom is -0.744 e. The van der Waals surface area contributed by atoms with Crippen molar-refractivity contribution in [1.29, 1.82) is 0 Å². The largest absolute Gasteiger partial charge is 0.744 e. The van der Waals surface area contributed by atoms with Gasteiger partial charge in [-0.25, -0.2) is 26.0 Å². The lowest BCUT2D eigenvalue weighted by molar-refractivity contribution is -0.670. The minimum atomic E-state index is -4.27. The van der Waals surface area contributed by atoms with Crippen molar-refractivity contribution < 1.29 is 54.3 Å². The molecule has 0 fully saturated rings. The van der Waals surface area contributed by atoms with Gasteiger partial charge in [0.15, 0.2) is 24.8 Å². The van der Waals surface area contributed by atoms with Crippen LogP contribution >= 0.6 is 0 Å². The first-order valence-electron chi connectivity index (χ1n) is 19.7. The monoisotopic (exact) mass is 928 g/mol. The summed E-state index contributed by atoms with van der Waals surface area (Å²) in [7, 11) is -4.81. The molecule has 0 aliphatic rings. The highest BCUT2D eigenvalue weighted by atomic mass is 32.2. The highest BCUT2D eigenvalue weighted by Crippen LogP contribution is 2.17. The number of hydrogen-bond donors (Lipinski definition) is 4. The van der Waals surface area contributed by atoms with Crippen LogP contribution in [0.25, 0.3) is 0 Å². The van der Waals surface area contributed by atoms with E-state index >= 15 is 0 Å². The van der Waals surface area contributed by atoms with Crippen molar-refractivity contribution in [2.24, 2.45) is 14.1 Å². The first kappa shape index (κ1) is 49.1. The molecule has 5 aromatic carbocycles. The van der Waals surface area contributed by atoms with Gasteiger partial charge in [0.05, 0.1) is 9.79 Å². The molecule has 0 bridgehead atoms. The van der Waals surface area contributed by atoms with Gasteiger partial charge in [-0.15, -0.1) is 0 Å². The fraction of sp³-hybridized carbons (Fsp3) is 0.0833. The second-order valence-corrected chi connectivity index (χ2v) is 17.4. The molecule has 338 valence electrons. The zero-order valence-electron chi connectivity index (χ0n) is 36.0. The van der Waals surface area contributed by atoms with Crippen molar-refractivity contribution in [2.45, 2.75) is 23.6 Å². The molecule has 0 aliphatic carbocycles. The molecule has 7 rings (SSSR count). The van der Waals surface area contributed by atoms with Crippen LogP contribution in [0.15, 0.2) is 180 Å². The number of aryl methyl sites for hydroxylation is 4. The summed E-state index contributed by atoms with van der Waals surface area (Å²) in [5.41, 5.74) is 5.64. The summed E-state index contributed by atoms with van der Waals surface area (Å²) >= 11 is 0. The van der Waals surface area contributed by atoms with E-state index in [9.17, 15) is 45.1 Å². The van der Waals surface area contributed by atoms with Crippen LogP contribution in [-0.4, -0.2) is 49.6 Å². The van der Waals surface area contributed by atoms with Gasteiger partial charge in [-0.2, -0.15) is 0 Å². The van der Waals surface area contributed by atoms with Crippen LogP contribution < -0.4 is 30.4 Å². The Morgan fingerprint density at radius 2 is 0.727 bits per heavy atom. The SMILES string of the molecule is C[n+]1cccc(NC(=O)c2ccc(NC(=O)c3cccc(C(=O)Nc4ccc(C(=O)Nc5ccc[n+](C)c5)cc4)c3)cc2)c1.Cc1ccc(S(=O)(=O)[O-])cc1.Cc1ccc(S(=O)(=O)[O-])cc1. The van der Waals surface area contributed by atoms with Crippen LogP contribution in [0.3, 0.4) is 0 Å². The Bertz CT molecular complexity index is 2870. The highest BCUT2D eigenvalue weighted by molar-refractivity contribution is 7.86. The second kappa shape index (κ2) is 22.1. The molecule has 0 saturated carbocycles. The number of anilines is 4. The molecule has 18 heteroatoms. The van der Waals surface area contributed by atoms with Crippen molar-refractivity contribution in [3.63, 3.8) is 0 Å². The average Bonchev–Trinajstić information content (AvgIpc) is 3.27. The third-order valence-electron chi connectivity index (χ3n) is 9.21. The quantitative estimate of drug-likeness (QED) is 0.0902. The van der Waals surface area contributed by atoms with Crippen LogP contribution in [0.1, 0.15) is 52.6 Å². The summed E-state index contributed by atoms with van der Waals surface area (Å²) in [5.74, 6) is -1.36. The number of carbonyl (C=O) groups excluding carboxylic acids is 4. The number of benzene rings is 5. The van der Waals surface area contributed by atoms with Crippen LogP contribution in [-0.2, 0) is 34.3 Å². The fourth-order valence-corrected chi connectivity index (χ4v) is 6.70. The summed E-state index contributed by atoms with van der Waals surface area (Å²) < 4.78 is 66.0. The third-order valence-corrected chi connectivity index (χ3v) is 10.9. The maximum atomic E-state index is 12.9. The Morgan fingerprint density at radius 1 is 0.409 bits per heavy atom. The average molecular weight is 929 g/mol. The van der Waals surface area contributed by atoms with Gasteiger partial charge in [0.1, 0.15) is 45.7 Å². The number of pyridine rings is 2. The van der Waals surface area contributed by atoms with Crippen molar-refractivity contribution in [3.8, 4) is 0 Å². The van der Waals surface area contributed by atoms with Crippen molar-refractivity contribution in [2.75, 3.05) is 21.3 Å². The first-order chi connectivity index (χ1) is 31.2. The summed E-state index contributed by atoms with van der Waals surface area (Å²) in [6, 6.07) is 38.2. The molecular formula is C48H44N6O10S2. The van der Waals surface area contributed by atoms with E-state index in [0.29, 0.717) is 33.9 Å². The molecule has 2 heterocycles. The maximum Gasteiger partial charge on any atom is 0.255 e. The maximum absolute atomic E-state index is 12.9. The summed E-state index contributed by atoms with van der Waals surface area (Å²) in [6.07, 6.45) is 7.32. The molecule has 0 unspecified atom stereocenters. The lowest BCUT2D eigenvalue weighted by Gasteiger charge is -2.09. The third kappa shape index (κ3) is 15.1. The normalized spacial score (nSPS) is 10.8. The Labute approximate surface area is 382 Å². The van der Waals surface area contributed by atoms with Gasteiger partial charge in [0, 0.05) is 45.8 Å². The lowest BCUT2D eigenvalue weighted by Crippen LogP contribution is -2.27. The predicted octanol–water partition coefficient (Wildman–Crippen LogP) is 6.14. The highest BCUT2D eigenvalue weighted by Gasteiger charge is 2.14. The van der Waals surface area contributed by atoms with E-state index in [4.69, 9.17) is 0 Å². The molecule has 2 aromatic heterocycles. The van der Waals surface area contributed by atoms with E-state index in [-0.39, 0.29) is 32.7 Å². The first-order valence-corrected chi connectivity index (χ1v) is 22.6. The summed E-state index contributed by atoms with van der Waals surface area (Å²) in [5, 5.41) is 11.2. The summed E-state index contributed by atoms with van der Waals surface area (Å²) in [4.78, 5) is 50.6. The zero-order chi connectivity index (χ0) is 48.0. The molecule has 16 nitrogen and oxygen atoms in total. The van der Waals surface area contributed by atoms with E-state index < -0.39 is 32.1 Å². The van der Waals surface area contributed by atoms with Gasteiger partial charge < -0.3 is 30.4 Å². The smallest absolute Gasteiger partial charge is 0.255 e. The number of aromatic nitrogens is 2. The molecule has 7 aromatic rings. The van der Waals surface area contributed by atoms with Gasteiger partial charge in [0.25, 0.3) is 23.6 Å². The van der Waals surface area contributed by atoms with Gasteiger partial charge in [0.2, 0.25) is 0 Å². The molecule has 0 radical (unpaired) electrons. The van der Waals surface area contributed by atoms with E-state index in [1.807, 2.05) is 61.6 Å². The Morgan fingerprint density at radius 3 is 1.05 bits per heavy atom.